The van der Waals surface area contributed by atoms with Crippen molar-refractivity contribution in [3.63, 3.8) is 0 Å². The number of hydrogen-bond acceptors (Lipinski definition) is 3. The largest absolute Gasteiger partial charge is 0.349 e. The van der Waals surface area contributed by atoms with Crippen LogP contribution in [0.1, 0.15) is 40.4 Å². The highest BCUT2D eigenvalue weighted by molar-refractivity contribution is 6.31. The highest BCUT2D eigenvalue weighted by atomic mass is 35.5. The second kappa shape index (κ2) is 5.93. The van der Waals surface area contributed by atoms with Crippen LogP contribution in [0, 0.1) is 6.92 Å². The lowest BCUT2D eigenvalue weighted by Crippen LogP contribution is -2.43. The monoisotopic (exact) mass is 317 g/mol. The molecule has 2 aromatic rings. The molecule has 1 aromatic carbocycles. The van der Waals surface area contributed by atoms with Gasteiger partial charge in [-0.25, -0.2) is 4.98 Å². The SMILES string of the molecule is Cc1c(Cl)cccc1C(=O)NC1CC(c2cc(=O)[nH]cn2)C1. The Labute approximate surface area is 132 Å². The van der Waals surface area contributed by atoms with E-state index in [0.29, 0.717) is 10.6 Å². The van der Waals surface area contributed by atoms with Crippen LogP contribution in [0.2, 0.25) is 5.02 Å². The zero-order chi connectivity index (χ0) is 15.7. The Balaban J connectivity index is 1.61. The molecular weight excluding hydrogens is 302 g/mol. The highest BCUT2D eigenvalue weighted by Gasteiger charge is 2.32. The molecule has 114 valence electrons. The van der Waals surface area contributed by atoms with Crippen LogP contribution in [0.4, 0.5) is 0 Å². The van der Waals surface area contributed by atoms with Gasteiger partial charge in [0.25, 0.3) is 11.5 Å². The molecule has 1 amide bonds. The second-order valence-electron chi connectivity index (χ2n) is 5.59. The molecule has 0 spiro atoms. The van der Waals surface area contributed by atoms with Gasteiger partial charge >= 0.3 is 0 Å². The smallest absolute Gasteiger partial charge is 0.251 e. The molecule has 1 fully saturated rings. The van der Waals surface area contributed by atoms with Crippen molar-refractivity contribution in [1.29, 1.82) is 0 Å². The standard InChI is InChI=1S/C16H16ClN3O2/c1-9-12(3-2-4-13(9)17)16(22)20-11-5-10(6-11)14-7-15(21)19-8-18-14/h2-4,7-8,10-11H,5-6H2,1H3,(H,20,22)(H,18,19,21). The Morgan fingerprint density at radius 2 is 2.18 bits per heavy atom. The summed E-state index contributed by atoms with van der Waals surface area (Å²) in [6.07, 6.45) is 3.00. The van der Waals surface area contributed by atoms with Gasteiger partial charge in [0.05, 0.1) is 12.0 Å². The van der Waals surface area contributed by atoms with E-state index >= 15 is 0 Å². The van der Waals surface area contributed by atoms with Crippen LogP contribution < -0.4 is 10.9 Å². The summed E-state index contributed by atoms with van der Waals surface area (Å²) in [6, 6.07) is 6.94. The number of amides is 1. The molecule has 0 atom stereocenters. The molecule has 3 rings (SSSR count). The molecule has 0 unspecified atom stereocenters. The first-order valence-corrected chi connectivity index (χ1v) is 7.53. The summed E-state index contributed by atoms with van der Waals surface area (Å²) in [4.78, 5) is 30.2. The molecule has 0 radical (unpaired) electrons. The molecule has 1 aliphatic rings. The maximum absolute atomic E-state index is 12.3. The lowest BCUT2D eigenvalue weighted by atomic mass is 9.78. The van der Waals surface area contributed by atoms with E-state index in [2.05, 4.69) is 15.3 Å². The van der Waals surface area contributed by atoms with Crippen LogP contribution in [0.15, 0.2) is 35.4 Å². The van der Waals surface area contributed by atoms with E-state index in [-0.39, 0.29) is 23.4 Å². The fourth-order valence-corrected chi connectivity index (χ4v) is 2.88. The first-order chi connectivity index (χ1) is 10.5. The summed E-state index contributed by atoms with van der Waals surface area (Å²) in [6.45, 7) is 1.83. The minimum atomic E-state index is -0.146. The van der Waals surface area contributed by atoms with Gasteiger partial charge in [0.15, 0.2) is 0 Å². The number of rotatable bonds is 3. The molecule has 0 bridgehead atoms. The Hall–Kier alpha value is -2.14. The molecule has 2 N–H and O–H groups in total. The average Bonchev–Trinajstić information content (AvgIpc) is 2.45. The fraction of sp³-hybridized carbons (Fsp3) is 0.312. The molecule has 1 saturated carbocycles. The first kappa shape index (κ1) is 14.8. The van der Waals surface area contributed by atoms with E-state index in [0.717, 1.165) is 24.1 Å². The van der Waals surface area contributed by atoms with E-state index in [1.54, 1.807) is 18.2 Å². The van der Waals surface area contributed by atoms with Gasteiger partial charge in [0.2, 0.25) is 0 Å². The number of carbonyl (C=O) groups is 1. The summed E-state index contributed by atoms with van der Waals surface area (Å²) >= 11 is 6.04. The van der Waals surface area contributed by atoms with Crippen LogP contribution in [0.5, 0.6) is 0 Å². The van der Waals surface area contributed by atoms with Crippen molar-refractivity contribution in [2.45, 2.75) is 31.7 Å². The third-order valence-corrected chi connectivity index (χ3v) is 4.51. The van der Waals surface area contributed by atoms with Crippen LogP contribution >= 0.6 is 11.6 Å². The Kier molecular flexibility index (Phi) is 3.98. The highest BCUT2D eigenvalue weighted by Crippen LogP contribution is 2.35. The van der Waals surface area contributed by atoms with Crippen molar-refractivity contribution in [3.05, 3.63) is 62.8 Å². The third kappa shape index (κ3) is 2.90. The number of aromatic nitrogens is 2. The number of carbonyl (C=O) groups excluding carboxylic acids is 1. The van der Waals surface area contributed by atoms with Crippen molar-refractivity contribution in [3.8, 4) is 0 Å². The van der Waals surface area contributed by atoms with Gasteiger partial charge < -0.3 is 10.3 Å². The van der Waals surface area contributed by atoms with E-state index in [9.17, 15) is 9.59 Å². The minimum absolute atomic E-state index is 0.108. The molecular formula is C16H16ClN3O2. The Morgan fingerprint density at radius 3 is 2.91 bits per heavy atom. The zero-order valence-corrected chi connectivity index (χ0v) is 12.9. The minimum Gasteiger partial charge on any atom is -0.349 e. The number of hydrogen-bond donors (Lipinski definition) is 2. The molecule has 22 heavy (non-hydrogen) atoms. The molecule has 1 aliphatic carbocycles. The second-order valence-corrected chi connectivity index (χ2v) is 5.99. The van der Waals surface area contributed by atoms with Gasteiger partial charge in [-0.05, 0) is 37.5 Å². The molecule has 0 saturated heterocycles. The van der Waals surface area contributed by atoms with E-state index < -0.39 is 0 Å². The summed E-state index contributed by atoms with van der Waals surface area (Å²) < 4.78 is 0. The quantitative estimate of drug-likeness (QED) is 0.913. The van der Waals surface area contributed by atoms with Crippen LogP contribution in [0.25, 0.3) is 0 Å². The normalized spacial score (nSPS) is 20.3. The van der Waals surface area contributed by atoms with E-state index in [1.807, 2.05) is 6.92 Å². The van der Waals surface area contributed by atoms with Gasteiger partial charge in [-0.1, -0.05) is 17.7 Å². The van der Waals surface area contributed by atoms with Crippen molar-refractivity contribution < 1.29 is 4.79 Å². The number of aromatic amines is 1. The summed E-state index contributed by atoms with van der Waals surface area (Å²) in [5.41, 5.74) is 2.03. The lowest BCUT2D eigenvalue weighted by Gasteiger charge is -2.35. The molecule has 5 nitrogen and oxygen atoms in total. The first-order valence-electron chi connectivity index (χ1n) is 7.15. The van der Waals surface area contributed by atoms with E-state index in [4.69, 9.17) is 11.6 Å². The summed E-state index contributed by atoms with van der Waals surface area (Å²) in [7, 11) is 0. The summed E-state index contributed by atoms with van der Waals surface area (Å²) in [5, 5.41) is 3.59. The summed E-state index contributed by atoms with van der Waals surface area (Å²) in [5.74, 6) is 0.121. The van der Waals surface area contributed by atoms with Crippen molar-refractivity contribution >= 4 is 17.5 Å². The van der Waals surface area contributed by atoms with Crippen molar-refractivity contribution in [2.75, 3.05) is 0 Å². The maximum atomic E-state index is 12.3. The Bertz CT molecular complexity index is 766. The van der Waals surface area contributed by atoms with E-state index in [1.165, 1.54) is 12.4 Å². The molecule has 1 aromatic heterocycles. The zero-order valence-electron chi connectivity index (χ0n) is 12.1. The topological polar surface area (TPSA) is 74.8 Å². The average molecular weight is 318 g/mol. The molecule has 6 heteroatoms. The van der Waals surface area contributed by atoms with Crippen molar-refractivity contribution in [2.24, 2.45) is 0 Å². The number of nitrogens with one attached hydrogen (secondary N) is 2. The van der Waals surface area contributed by atoms with Crippen LogP contribution in [-0.4, -0.2) is 21.9 Å². The number of halogens is 1. The Morgan fingerprint density at radius 1 is 1.41 bits per heavy atom. The predicted molar refractivity (Wildman–Crippen MR) is 84.3 cm³/mol. The fourth-order valence-electron chi connectivity index (χ4n) is 2.70. The maximum Gasteiger partial charge on any atom is 0.251 e. The lowest BCUT2D eigenvalue weighted by molar-refractivity contribution is 0.0907. The number of H-pyrrole nitrogens is 1. The van der Waals surface area contributed by atoms with Gasteiger partial charge in [0, 0.05) is 28.6 Å². The van der Waals surface area contributed by atoms with Crippen LogP contribution in [-0.2, 0) is 0 Å². The van der Waals surface area contributed by atoms with Gasteiger partial charge in [-0.15, -0.1) is 0 Å². The van der Waals surface area contributed by atoms with Gasteiger partial charge in [-0.2, -0.15) is 0 Å². The van der Waals surface area contributed by atoms with Gasteiger partial charge in [-0.3, -0.25) is 9.59 Å². The molecule has 1 heterocycles. The predicted octanol–water partition coefficient (Wildman–Crippen LogP) is 2.41. The van der Waals surface area contributed by atoms with Crippen molar-refractivity contribution in [1.82, 2.24) is 15.3 Å². The number of benzene rings is 1. The third-order valence-electron chi connectivity index (χ3n) is 4.10. The number of nitrogens with zero attached hydrogens (tertiary/aromatic N) is 1. The van der Waals surface area contributed by atoms with Gasteiger partial charge in [0.1, 0.15) is 0 Å². The van der Waals surface area contributed by atoms with Crippen LogP contribution in [0.3, 0.4) is 0 Å². The molecule has 0 aliphatic heterocycles.